The van der Waals surface area contributed by atoms with Crippen LogP contribution in [-0.4, -0.2) is 31.5 Å². The van der Waals surface area contributed by atoms with Crippen LogP contribution in [0.1, 0.15) is 25.3 Å². The van der Waals surface area contributed by atoms with Crippen molar-refractivity contribution >= 4 is 41.3 Å². The number of benzene rings is 2. The average molecular weight is 416 g/mol. The van der Waals surface area contributed by atoms with Crippen LogP contribution >= 0.6 is 12.4 Å². The Morgan fingerprint density at radius 1 is 1.17 bits per heavy atom. The van der Waals surface area contributed by atoms with Gasteiger partial charge >= 0.3 is 0 Å². The molecule has 0 aliphatic carbocycles. The van der Waals surface area contributed by atoms with Crippen LogP contribution in [0.25, 0.3) is 0 Å². The van der Waals surface area contributed by atoms with Gasteiger partial charge in [-0.2, -0.15) is 0 Å². The second-order valence-corrected chi connectivity index (χ2v) is 7.24. The summed E-state index contributed by atoms with van der Waals surface area (Å²) >= 11 is 0. The summed E-state index contributed by atoms with van der Waals surface area (Å²) in [7, 11) is 0. The summed E-state index contributed by atoms with van der Waals surface area (Å²) < 4.78 is 5.67. The summed E-state index contributed by atoms with van der Waals surface area (Å²) in [6.45, 7) is 3.47. The second-order valence-electron chi connectivity index (χ2n) is 7.24. The van der Waals surface area contributed by atoms with Gasteiger partial charge in [-0.3, -0.25) is 9.59 Å². The number of anilines is 3. The second kappa shape index (κ2) is 8.74. The lowest BCUT2D eigenvalue weighted by Crippen LogP contribution is -2.40. The zero-order valence-electron chi connectivity index (χ0n) is 16.5. The number of hydrogen-bond acceptors (Lipinski definition) is 4. The number of para-hydroxylation sites is 2. The number of rotatable bonds is 4. The first-order valence-corrected chi connectivity index (χ1v) is 9.81. The molecule has 4 rings (SSSR count). The molecule has 2 amide bonds. The van der Waals surface area contributed by atoms with E-state index in [0.29, 0.717) is 25.4 Å². The van der Waals surface area contributed by atoms with Crippen LogP contribution in [0.5, 0.6) is 5.75 Å². The normalized spacial score (nSPS) is 18.2. The van der Waals surface area contributed by atoms with E-state index in [1.54, 1.807) is 4.90 Å². The quantitative estimate of drug-likeness (QED) is 0.776. The maximum absolute atomic E-state index is 13.3. The van der Waals surface area contributed by atoms with Crippen LogP contribution in [0.2, 0.25) is 0 Å². The highest BCUT2D eigenvalue weighted by Gasteiger charge is 2.39. The predicted molar refractivity (Wildman–Crippen MR) is 117 cm³/mol. The molecule has 2 aromatic carbocycles. The minimum atomic E-state index is -0.366. The lowest BCUT2D eigenvalue weighted by molar-refractivity contribution is -0.124. The number of ether oxygens (including phenoxy) is 1. The number of fused-ring (bicyclic) bond motifs is 1. The molecule has 0 spiro atoms. The van der Waals surface area contributed by atoms with E-state index in [9.17, 15) is 9.59 Å². The van der Waals surface area contributed by atoms with Crippen molar-refractivity contribution < 1.29 is 14.3 Å². The van der Waals surface area contributed by atoms with Crippen molar-refractivity contribution in [2.75, 3.05) is 35.2 Å². The van der Waals surface area contributed by atoms with Gasteiger partial charge in [-0.25, -0.2) is 0 Å². The van der Waals surface area contributed by atoms with Gasteiger partial charge < -0.3 is 20.3 Å². The first kappa shape index (κ1) is 21.0. The monoisotopic (exact) mass is 415 g/mol. The molecule has 0 aromatic heterocycles. The zero-order valence-corrected chi connectivity index (χ0v) is 17.3. The van der Waals surface area contributed by atoms with Gasteiger partial charge in [0.15, 0.2) is 0 Å². The predicted octanol–water partition coefficient (Wildman–Crippen LogP) is 3.42. The van der Waals surface area contributed by atoms with Gasteiger partial charge in [-0.15, -0.1) is 12.4 Å². The SMILES string of the molecule is CCOc1ccccc1N1CC(C(=O)N2CCCc3c(N)cccc32)CC1=O.Cl. The third-order valence-corrected chi connectivity index (χ3v) is 5.48. The van der Waals surface area contributed by atoms with Crippen LogP contribution in [-0.2, 0) is 16.0 Å². The van der Waals surface area contributed by atoms with Crippen molar-refractivity contribution in [2.24, 2.45) is 5.92 Å². The Kier molecular flexibility index (Phi) is 6.33. The number of carbonyl (C=O) groups excluding carboxylic acids is 2. The molecule has 2 aliphatic heterocycles. The molecule has 0 bridgehead atoms. The van der Waals surface area contributed by atoms with Crippen LogP contribution in [0.4, 0.5) is 17.1 Å². The maximum Gasteiger partial charge on any atom is 0.232 e. The number of hydrogen-bond donors (Lipinski definition) is 1. The van der Waals surface area contributed by atoms with E-state index in [4.69, 9.17) is 10.5 Å². The molecule has 1 fully saturated rings. The highest BCUT2D eigenvalue weighted by atomic mass is 35.5. The number of halogens is 1. The highest BCUT2D eigenvalue weighted by Crippen LogP contribution is 2.36. The summed E-state index contributed by atoms with van der Waals surface area (Å²) in [6.07, 6.45) is 1.97. The Morgan fingerprint density at radius 3 is 2.72 bits per heavy atom. The number of nitrogens with zero attached hydrogens (tertiary/aromatic N) is 2. The van der Waals surface area contributed by atoms with Crippen molar-refractivity contribution in [1.82, 2.24) is 0 Å². The van der Waals surface area contributed by atoms with E-state index in [0.717, 1.165) is 35.5 Å². The molecule has 2 aliphatic rings. The van der Waals surface area contributed by atoms with E-state index >= 15 is 0 Å². The van der Waals surface area contributed by atoms with Crippen molar-refractivity contribution in [3.8, 4) is 5.75 Å². The van der Waals surface area contributed by atoms with E-state index < -0.39 is 0 Å². The Hall–Kier alpha value is -2.73. The van der Waals surface area contributed by atoms with Crippen LogP contribution in [0.15, 0.2) is 42.5 Å². The lowest BCUT2D eigenvalue weighted by atomic mass is 9.97. The standard InChI is InChI=1S/C22H25N3O3.ClH/c1-2-28-20-11-4-3-9-19(20)25-14-15(13-21(25)26)22(27)24-12-6-7-16-17(23)8-5-10-18(16)24;/h3-5,8-11,15H,2,6-7,12-14,23H2,1H3;1H. The first-order chi connectivity index (χ1) is 13.6. The summed E-state index contributed by atoms with van der Waals surface area (Å²) in [6, 6.07) is 13.2. The first-order valence-electron chi connectivity index (χ1n) is 9.81. The lowest BCUT2D eigenvalue weighted by Gasteiger charge is -2.32. The summed E-state index contributed by atoms with van der Waals surface area (Å²) in [5.74, 6) is 0.253. The largest absolute Gasteiger partial charge is 0.492 e. The fraction of sp³-hybridized carbons (Fsp3) is 0.364. The number of amides is 2. The van der Waals surface area contributed by atoms with Gasteiger partial charge in [0.1, 0.15) is 5.75 Å². The number of carbonyl (C=O) groups is 2. The molecule has 1 atom stereocenters. The summed E-state index contributed by atoms with van der Waals surface area (Å²) in [4.78, 5) is 29.5. The molecule has 1 unspecified atom stereocenters. The van der Waals surface area contributed by atoms with Crippen molar-refractivity contribution in [1.29, 1.82) is 0 Å². The average Bonchev–Trinajstić information content (AvgIpc) is 3.10. The van der Waals surface area contributed by atoms with Gasteiger partial charge in [-0.05, 0) is 49.6 Å². The van der Waals surface area contributed by atoms with Crippen LogP contribution < -0.4 is 20.3 Å². The van der Waals surface area contributed by atoms with Crippen molar-refractivity contribution in [3.05, 3.63) is 48.0 Å². The van der Waals surface area contributed by atoms with Gasteiger partial charge in [0.05, 0.1) is 18.2 Å². The van der Waals surface area contributed by atoms with Crippen LogP contribution in [0, 0.1) is 5.92 Å². The smallest absolute Gasteiger partial charge is 0.232 e. The molecule has 2 N–H and O–H groups in total. The van der Waals surface area contributed by atoms with Crippen molar-refractivity contribution in [2.45, 2.75) is 26.2 Å². The van der Waals surface area contributed by atoms with Crippen LogP contribution in [0.3, 0.4) is 0 Å². The Balaban J connectivity index is 0.00000240. The molecular weight excluding hydrogens is 390 g/mol. The summed E-state index contributed by atoms with van der Waals surface area (Å²) in [5, 5.41) is 0. The van der Waals surface area contributed by atoms with Gasteiger partial charge in [0.25, 0.3) is 0 Å². The third kappa shape index (κ3) is 3.90. The van der Waals surface area contributed by atoms with Gasteiger partial charge in [0.2, 0.25) is 11.8 Å². The van der Waals surface area contributed by atoms with Gasteiger partial charge in [-0.1, -0.05) is 18.2 Å². The van der Waals surface area contributed by atoms with E-state index in [-0.39, 0.29) is 36.6 Å². The Morgan fingerprint density at radius 2 is 1.93 bits per heavy atom. The molecular formula is C22H26ClN3O3. The van der Waals surface area contributed by atoms with E-state index in [1.165, 1.54) is 0 Å². The third-order valence-electron chi connectivity index (χ3n) is 5.48. The molecule has 0 radical (unpaired) electrons. The fourth-order valence-electron chi connectivity index (χ4n) is 4.16. The topological polar surface area (TPSA) is 75.9 Å². The fourth-order valence-corrected chi connectivity index (χ4v) is 4.16. The summed E-state index contributed by atoms with van der Waals surface area (Å²) in [5.41, 5.74) is 9.48. The molecule has 2 heterocycles. The number of nitrogen functional groups attached to an aromatic ring is 1. The number of nitrogens with two attached hydrogens (primary N) is 1. The maximum atomic E-state index is 13.3. The molecule has 6 nitrogen and oxygen atoms in total. The zero-order chi connectivity index (χ0) is 19.7. The minimum Gasteiger partial charge on any atom is -0.492 e. The van der Waals surface area contributed by atoms with E-state index in [1.807, 2.05) is 54.3 Å². The molecule has 2 aromatic rings. The molecule has 154 valence electrons. The molecule has 7 heteroatoms. The Labute approximate surface area is 177 Å². The molecule has 29 heavy (non-hydrogen) atoms. The van der Waals surface area contributed by atoms with Gasteiger partial charge in [0, 0.05) is 30.9 Å². The Bertz CT molecular complexity index is 918. The van der Waals surface area contributed by atoms with Crippen molar-refractivity contribution in [3.63, 3.8) is 0 Å². The van der Waals surface area contributed by atoms with E-state index in [2.05, 4.69) is 0 Å². The molecule has 0 saturated carbocycles. The minimum absolute atomic E-state index is 0. The molecule has 1 saturated heterocycles. The highest BCUT2D eigenvalue weighted by molar-refractivity contribution is 6.05.